The maximum Gasteiger partial charge on any atom is 0.233 e. The largest absolute Gasteiger partial charge is 0.464 e. The summed E-state index contributed by atoms with van der Waals surface area (Å²) in [7, 11) is 1.76. The second-order valence-electron chi connectivity index (χ2n) is 5.36. The molecule has 0 bridgehead atoms. The second-order valence-corrected chi connectivity index (χ2v) is 6.30. The summed E-state index contributed by atoms with van der Waals surface area (Å²) in [5.74, 6) is 1.91. The molecule has 0 N–H and O–H groups in total. The van der Waals surface area contributed by atoms with E-state index in [1.807, 2.05) is 49.4 Å². The number of thioether (sulfide) groups is 1. The van der Waals surface area contributed by atoms with Gasteiger partial charge >= 0.3 is 0 Å². The molecule has 3 aromatic rings. The van der Waals surface area contributed by atoms with Crippen LogP contribution in [0, 0.1) is 6.92 Å². The first-order valence-electron chi connectivity index (χ1n) is 7.51. The zero-order valence-electron chi connectivity index (χ0n) is 13.5. The van der Waals surface area contributed by atoms with Gasteiger partial charge < -0.3 is 9.32 Å². The highest BCUT2D eigenvalue weighted by Gasteiger charge is 2.13. The Bertz CT molecular complexity index is 813. The Balaban J connectivity index is 1.53. The number of hydrogen-bond acceptors (Lipinski definition) is 5. The van der Waals surface area contributed by atoms with Crippen molar-refractivity contribution in [3.63, 3.8) is 0 Å². The van der Waals surface area contributed by atoms with Crippen LogP contribution in [0.3, 0.4) is 0 Å². The van der Waals surface area contributed by atoms with E-state index in [1.54, 1.807) is 23.0 Å². The molecule has 0 saturated heterocycles. The van der Waals surface area contributed by atoms with Crippen molar-refractivity contribution in [3.8, 4) is 5.69 Å². The molecule has 2 heterocycles. The van der Waals surface area contributed by atoms with Crippen LogP contribution in [0.15, 0.2) is 58.4 Å². The van der Waals surface area contributed by atoms with Crippen molar-refractivity contribution in [2.75, 3.05) is 12.8 Å². The summed E-state index contributed by atoms with van der Waals surface area (Å²) >= 11 is 1.32. The molecule has 24 heavy (non-hydrogen) atoms. The molecule has 0 atom stereocenters. The van der Waals surface area contributed by atoms with E-state index in [2.05, 4.69) is 10.1 Å². The molecule has 1 amide bonds. The third kappa shape index (κ3) is 4.05. The van der Waals surface area contributed by atoms with E-state index in [9.17, 15) is 4.79 Å². The predicted molar refractivity (Wildman–Crippen MR) is 92.0 cm³/mol. The molecule has 6 nitrogen and oxygen atoms in total. The topological polar surface area (TPSA) is 64.2 Å². The van der Waals surface area contributed by atoms with Crippen LogP contribution in [-0.4, -0.2) is 38.4 Å². The van der Waals surface area contributed by atoms with Gasteiger partial charge in [-0.25, -0.2) is 9.67 Å². The highest BCUT2D eigenvalue weighted by Crippen LogP contribution is 2.16. The number of amides is 1. The molecular weight excluding hydrogens is 324 g/mol. The fourth-order valence-corrected chi connectivity index (χ4v) is 2.89. The molecule has 1 aromatic carbocycles. The number of para-hydroxylation sites is 1. The van der Waals surface area contributed by atoms with E-state index in [0.29, 0.717) is 11.7 Å². The summed E-state index contributed by atoms with van der Waals surface area (Å²) in [6, 6.07) is 13.5. The number of furan rings is 1. The van der Waals surface area contributed by atoms with E-state index in [1.165, 1.54) is 11.8 Å². The van der Waals surface area contributed by atoms with Crippen molar-refractivity contribution in [2.24, 2.45) is 0 Å². The minimum atomic E-state index is 0.00474. The van der Waals surface area contributed by atoms with Crippen LogP contribution in [0.5, 0.6) is 0 Å². The monoisotopic (exact) mass is 342 g/mol. The molecule has 7 heteroatoms. The highest BCUT2D eigenvalue weighted by molar-refractivity contribution is 7.99. The minimum Gasteiger partial charge on any atom is -0.464 e. The fraction of sp³-hybridized carbons (Fsp3) is 0.235. The molecule has 124 valence electrons. The number of hydrogen-bond donors (Lipinski definition) is 0. The van der Waals surface area contributed by atoms with E-state index >= 15 is 0 Å². The van der Waals surface area contributed by atoms with Gasteiger partial charge in [0.1, 0.15) is 17.8 Å². The summed E-state index contributed by atoms with van der Waals surface area (Å²) in [5, 5.41) is 4.96. The smallest absolute Gasteiger partial charge is 0.233 e. The van der Waals surface area contributed by atoms with Crippen LogP contribution in [0.2, 0.25) is 0 Å². The average molecular weight is 342 g/mol. The molecule has 0 radical (unpaired) electrons. The molecule has 2 aromatic heterocycles. The third-order valence-electron chi connectivity index (χ3n) is 3.43. The van der Waals surface area contributed by atoms with Crippen LogP contribution in [-0.2, 0) is 11.3 Å². The van der Waals surface area contributed by atoms with Gasteiger partial charge in [-0.1, -0.05) is 30.0 Å². The Kier molecular flexibility index (Phi) is 5.00. The minimum absolute atomic E-state index is 0.00474. The summed E-state index contributed by atoms with van der Waals surface area (Å²) in [6.07, 6.45) is 1.65. The van der Waals surface area contributed by atoms with Gasteiger partial charge in [0.25, 0.3) is 0 Å². The quantitative estimate of drug-likeness (QED) is 0.645. The van der Waals surface area contributed by atoms with Gasteiger partial charge in [0.05, 0.1) is 18.0 Å². The summed E-state index contributed by atoms with van der Waals surface area (Å²) in [6.45, 7) is 2.34. The first kappa shape index (κ1) is 16.3. The number of aryl methyl sites for hydroxylation is 1. The van der Waals surface area contributed by atoms with Crippen molar-refractivity contribution in [3.05, 3.63) is 60.3 Å². The third-order valence-corrected chi connectivity index (χ3v) is 4.27. The Morgan fingerprint density at radius 1 is 1.25 bits per heavy atom. The lowest BCUT2D eigenvalue weighted by molar-refractivity contribution is -0.127. The molecule has 0 fully saturated rings. The van der Waals surface area contributed by atoms with E-state index in [-0.39, 0.29) is 11.7 Å². The standard InChI is InChI=1S/C17H18N4O2S/c1-13-8-9-15(23-13)10-20(2)16(22)11-24-17-18-12-21(19-17)14-6-4-3-5-7-14/h3-9,12H,10-11H2,1-2H3. The highest BCUT2D eigenvalue weighted by atomic mass is 32.2. The number of rotatable bonds is 6. The van der Waals surface area contributed by atoms with Crippen LogP contribution < -0.4 is 0 Å². The number of benzene rings is 1. The van der Waals surface area contributed by atoms with Crippen molar-refractivity contribution in [1.82, 2.24) is 19.7 Å². The molecule has 0 spiro atoms. The normalized spacial score (nSPS) is 10.8. The Hall–Kier alpha value is -2.54. The van der Waals surface area contributed by atoms with Crippen LogP contribution in [0.1, 0.15) is 11.5 Å². The maximum absolute atomic E-state index is 12.2. The first-order valence-corrected chi connectivity index (χ1v) is 8.49. The van der Waals surface area contributed by atoms with E-state index < -0.39 is 0 Å². The van der Waals surface area contributed by atoms with Crippen molar-refractivity contribution in [2.45, 2.75) is 18.6 Å². The molecule has 3 rings (SSSR count). The molecule has 0 aliphatic carbocycles. The SMILES string of the molecule is Cc1ccc(CN(C)C(=O)CSc2ncn(-c3ccccc3)n2)o1. The van der Waals surface area contributed by atoms with E-state index in [0.717, 1.165) is 17.2 Å². The molecular formula is C17H18N4O2S. The summed E-state index contributed by atoms with van der Waals surface area (Å²) in [5.41, 5.74) is 0.938. The predicted octanol–water partition coefficient (Wildman–Crippen LogP) is 2.92. The van der Waals surface area contributed by atoms with Gasteiger partial charge in [-0.05, 0) is 31.2 Å². The summed E-state index contributed by atoms with van der Waals surface area (Å²) < 4.78 is 7.19. The number of carbonyl (C=O) groups is 1. The Morgan fingerprint density at radius 2 is 2.04 bits per heavy atom. The van der Waals surface area contributed by atoms with Crippen LogP contribution in [0.4, 0.5) is 0 Å². The molecule has 0 unspecified atom stereocenters. The number of carbonyl (C=O) groups excluding carboxylic acids is 1. The maximum atomic E-state index is 12.2. The molecule has 0 saturated carbocycles. The lowest BCUT2D eigenvalue weighted by Crippen LogP contribution is -2.27. The zero-order valence-corrected chi connectivity index (χ0v) is 14.4. The number of aromatic nitrogens is 3. The molecule has 0 aliphatic heterocycles. The van der Waals surface area contributed by atoms with Crippen LogP contribution >= 0.6 is 11.8 Å². The van der Waals surface area contributed by atoms with Gasteiger partial charge in [-0.15, -0.1) is 5.10 Å². The Morgan fingerprint density at radius 3 is 2.75 bits per heavy atom. The lowest BCUT2D eigenvalue weighted by Gasteiger charge is -2.14. The zero-order chi connectivity index (χ0) is 16.9. The van der Waals surface area contributed by atoms with Crippen LogP contribution in [0.25, 0.3) is 5.69 Å². The van der Waals surface area contributed by atoms with Gasteiger partial charge in [-0.2, -0.15) is 0 Å². The van der Waals surface area contributed by atoms with Gasteiger partial charge in [0, 0.05) is 7.05 Å². The number of nitrogens with zero attached hydrogens (tertiary/aromatic N) is 4. The van der Waals surface area contributed by atoms with Crippen molar-refractivity contribution >= 4 is 17.7 Å². The second kappa shape index (κ2) is 7.35. The fourth-order valence-electron chi connectivity index (χ4n) is 2.15. The molecule has 0 aliphatic rings. The van der Waals surface area contributed by atoms with Crippen molar-refractivity contribution in [1.29, 1.82) is 0 Å². The lowest BCUT2D eigenvalue weighted by atomic mass is 10.3. The van der Waals surface area contributed by atoms with Gasteiger partial charge in [0.15, 0.2) is 0 Å². The summed E-state index contributed by atoms with van der Waals surface area (Å²) in [4.78, 5) is 18.1. The van der Waals surface area contributed by atoms with Gasteiger partial charge in [0.2, 0.25) is 11.1 Å². The Labute approximate surface area is 144 Å². The van der Waals surface area contributed by atoms with Gasteiger partial charge in [-0.3, -0.25) is 4.79 Å². The van der Waals surface area contributed by atoms with E-state index in [4.69, 9.17) is 4.42 Å². The average Bonchev–Trinajstić information content (AvgIpc) is 3.22. The van der Waals surface area contributed by atoms with Crippen molar-refractivity contribution < 1.29 is 9.21 Å². The first-order chi connectivity index (χ1) is 11.6.